The molecular weight excluding hydrogens is 258 g/mol. The van der Waals surface area contributed by atoms with Gasteiger partial charge in [0.2, 0.25) is 0 Å². The first kappa shape index (κ1) is 13.5. The van der Waals surface area contributed by atoms with E-state index in [1.807, 2.05) is 6.07 Å². The number of ether oxygens (including phenoxy) is 1. The molecule has 0 radical (unpaired) electrons. The minimum Gasteiger partial charge on any atom is -0.462 e. The lowest BCUT2D eigenvalue weighted by atomic mass is 10.1. The normalized spacial score (nSPS) is 9.80. The number of carbonyl (C=O) groups excluding carboxylic acids is 1. The van der Waals surface area contributed by atoms with E-state index in [0.29, 0.717) is 16.8 Å². The van der Waals surface area contributed by atoms with Crippen molar-refractivity contribution in [2.75, 3.05) is 6.61 Å². The summed E-state index contributed by atoms with van der Waals surface area (Å²) in [5.74, 6) is -0.689. The van der Waals surface area contributed by atoms with Crippen LogP contribution in [0, 0.1) is 11.3 Å². The van der Waals surface area contributed by atoms with Gasteiger partial charge in [0.25, 0.3) is 5.56 Å². The lowest BCUT2D eigenvalue weighted by Crippen LogP contribution is -2.21. The van der Waals surface area contributed by atoms with Crippen LogP contribution in [0.3, 0.4) is 0 Å². The predicted molar refractivity (Wildman–Crippen MR) is 71.0 cm³/mol. The smallest absolute Gasteiger partial charge is 0.343 e. The Balaban J connectivity index is 2.43. The second-order valence-corrected chi connectivity index (χ2v) is 3.91. The molecule has 0 fully saturated rings. The van der Waals surface area contributed by atoms with Gasteiger partial charge in [0, 0.05) is 5.56 Å². The van der Waals surface area contributed by atoms with Crippen molar-refractivity contribution in [2.24, 2.45) is 0 Å². The summed E-state index contributed by atoms with van der Waals surface area (Å²) in [4.78, 5) is 23.2. The van der Waals surface area contributed by atoms with Crippen LogP contribution >= 0.6 is 0 Å². The van der Waals surface area contributed by atoms with Gasteiger partial charge in [-0.1, -0.05) is 12.1 Å². The number of aromatic nitrogens is 2. The number of hydrogen-bond acceptors (Lipinski definition) is 5. The molecular formula is C14H11N3O3. The summed E-state index contributed by atoms with van der Waals surface area (Å²) in [6.07, 6.45) is 0. The van der Waals surface area contributed by atoms with Gasteiger partial charge in [-0.15, -0.1) is 0 Å². The lowest BCUT2D eigenvalue weighted by Gasteiger charge is -2.04. The highest BCUT2D eigenvalue weighted by atomic mass is 16.5. The average molecular weight is 269 g/mol. The molecule has 0 unspecified atom stereocenters. The van der Waals surface area contributed by atoms with E-state index in [-0.39, 0.29) is 12.2 Å². The van der Waals surface area contributed by atoms with Crippen LogP contribution in [0.25, 0.3) is 11.3 Å². The highest BCUT2D eigenvalue weighted by Gasteiger charge is 2.14. The molecule has 0 atom stereocenters. The number of H-pyrrole nitrogens is 1. The Bertz CT molecular complexity index is 727. The molecule has 0 aliphatic heterocycles. The molecule has 0 saturated carbocycles. The summed E-state index contributed by atoms with van der Waals surface area (Å²) in [5, 5.41) is 14.9. The number of carbonyl (C=O) groups is 1. The summed E-state index contributed by atoms with van der Waals surface area (Å²) < 4.78 is 4.81. The van der Waals surface area contributed by atoms with Crippen molar-refractivity contribution in [2.45, 2.75) is 6.92 Å². The largest absolute Gasteiger partial charge is 0.462 e. The zero-order chi connectivity index (χ0) is 14.5. The molecule has 20 heavy (non-hydrogen) atoms. The first-order valence-corrected chi connectivity index (χ1v) is 5.93. The van der Waals surface area contributed by atoms with Crippen molar-refractivity contribution in [1.82, 2.24) is 10.2 Å². The Kier molecular flexibility index (Phi) is 3.91. The maximum absolute atomic E-state index is 11.6. The Morgan fingerprint density at radius 2 is 2.10 bits per heavy atom. The van der Waals surface area contributed by atoms with Crippen molar-refractivity contribution in [3.05, 3.63) is 51.8 Å². The van der Waals surface area contributed by atoms with Gasteiger partial charge in [0.15, 0.2) is 0 Å². The minimum absolute atomic E-state index is 0.0961. The molecule has 2 rings (SSSR count). The van der Waals surface area contributed by atoms with Crippen LogP contribution in [0.2, 0.25) is 0 Å². The van der Waals surface area contributed by atoms with Crippen LogP contribution in [-0.2, 0) is 4.74 Å². The van der Waals surface area contributed by atoms with E-state index in [9.17, 15) is 9.59 Å². The van der Waals surface area contributed by atoms with Crippen LogP contribution in [0.4, 0.5) is 0 Å². The first-order valence-electron chi connectivity index (χ1n) is 5.93. The number of aromatic amines is 1. The Morgan fingerprint density at radius 1 is 1.40 bits per heavy atom. The Morgan fingerprint density at radius 3 is 2.70 bits per heavy atom. The van der Waals surface area contributed by atoms with Crippen LogP contribution in [-0.4, -0.2) is 22.8 Å². The second-order valence-electron chi connectivity index (χ2n) is 3.91. The molecule has 6 heteroatoms. The highest BCUT2D eigenvalue weighted by molar-refractivity contribution is 5.90. The number of hydrogen-bond donors (Lipinski definition) is 1. The Labute approximate surface area is 114 Å². The maximum atomic E-state index is 11.6. The number of rotatable bonds is 3. The van der Waals surface area contributed by atoms with Crippen LogP contribution in [0.15, 0.2) is 35.1 Å². The number of esters is 1. The lowest BCUT2D eigenvalue weighted by molar-refractivity contribution is 0.0524. The third-order valence-corrected chi connectivity index (χ3v) is 2.61. The topological polar surface area (TPSA) is 95.8 Å². The van der Waals surface area contributed by atoms with E-state index in [2.05, 4.69) is 10.2 Å². The van der Waals surface area contributed by atoms with Gasteiger partial charge in [0.05, 0.1) is 23.9 Å². The molecule has 0 saturated heterocycles. The second kappa shape index (κ2) is 5.80. The molecule has 2 aromatic rings. The van der Waals surface area contributed by atoms with Gasteiger partial charge in [-0.2, -0.15) is 10.4 Å². The van der Waals surface area contributed by atoms with Gasteiger partial charge in [-0.3, -0.25) is 4.79 Å². The summed E-state index contributed by atoms with van der Waals surface area (Å²) in [5.41, 5.74) is 0.939. The maximum Gasteiger partial charge on any atom is 0.343 e. The van der Waals surface area contributed by atoms with E-state index in [0.717, 1.165) is 0 Å². The average Bonchev–Trinajstić information content (AvgIpc) is 2.48. The van der Waals surface area contributed by atoms with Gasteiger partial charge in [-0.25, -0.2) is 9.89 Å². The fourth-order valence-corrected chi connectivity index (χ4v) is 1.63. The summed E-state index contributed by atoms with van der Waals surface area (Å²) in [6, 6.07) is 10.0. The van der Waals surface area contributed by atoms with Crippen molar-refractivity contribution < 1.29 is 9.53 Å². The summed E-state index contributed by atoms with van der Waals surface area (Å²) in [7, 11) is 0. The van der Waals surface area contributed by atoms with Crippen LogP contribution in [0.5, 0.6) is 0 Å². The molecule has 1 N–H and O–H groups in total. The van der Waals surface area contributed by atoms with Crippen LogP contribution in [0.1, 0.15) is 22.8 Å². The molecule has 100 valence electrons. The molecule has 0 spiro atoms. The standard InChI is InChI=1S/C14H11N3O3/c1-2-20-14(19)11-7-12(16-17-13(11)18)10-5-3-9(8-15)4-6-10/h3-7H,2H2,1H3,(H,17,18). The third kappa shape index (κ3) is 2.72. The van der Waals surface area contributed by atoms with Crippen molar-refractivity contribution in [3.63, 3.8) is 0 Å². The van der Waals surface area contributed by atoms with E-state index in [4.69, 9.17) is 10.00 Å². The quantitative estimate of drug-likeness (QED) is 0.851. The SMILES string of the molecule is CCOC(=O)c1cc(-c2ccc(C#N)cc2)n[nH]c1=O. The van der Waals surface area contributed by atoms with Crippen molar-refractivity contribution in [1.29, 1.82) is 5.26 Å². The van der Waals surface area contributed by atoms with Gasteiger partial charge < -0.3 is 4.74 Å². The first-order chi connectivity index (χ1) is 9.65. The molecule has 1 aromatic carbocycles. The Hall–Kier alpha value is -2.94. The fourth-order valence-electron chi connectivity index (χ4n) is 1.63. The molecule has 1 aromatic heterocycles. The molecule has 0 amide bonds. The number of nitrogens with one attached hydrogen (secondary N) is 1. The summed E-state index contributed by atoms with van der Waals surface area (Å²) in [6.45, 7) is 1.85. The van der Waals surface area contributed by atoms with E-state index >= 15 is 0 Å². The van der Waals surface area contributed by atoms with Crippen molar-refractivity contribution in [3.8, 4) is 17.3 Å². The molecule has 0 aliphatic rings. The van der Waals surface area contributed by atoms with E-state index in [1.54, 1.807) is 31.2 Å². The number of benzene rings is 1. The summed E-state index contributed by atoms with van der Waals surface area (Å²) >= 11 is 0. The zero-order valence-electron chi connectivity index (χ0n) is 10.7. The number of nitriles is 1. The van der Waals surface area contributed by atoms with Gasteiger partial charge in [-0.05, 0) is 25.1 Å². The van der Waals surface area contributed by atoms with E-state index < -0.39 is 11.5 Å². The molecule has 0 aliphatic carbocycles. The van der Waals surface area contributed by atoms with Gasteiger partial charge in [0.1, 0.15) is 5.56 Å². The fraction of sp³-hybridized carbons (Fsp3) is 0.143. The molecule has 6 nitrogen and oxygen atoms in total. The van der Waals surface area contributed by atoms with Crippen molar-refractivity contribution >= 4 is 5.97 Å². The number of nitrogens with zero attached hydrogens (tertiary/aromatic N) is 2. The molecule has 1 heterocycles. The predicted octanol–water partition coefficient (Wildman–Crippen LogP) is 1.49. The highest BCUT2D eigenvalue weighted by Crippen LogP contribution is 2.16. The van der Waals surface area contributed by atoms with Crippen LogP contribution < -0.4 is 5.56 Å². The van der Waals surface area contributed by atoms with E-state index in [1.165, 1.54) is 6.07 Å². The van der Waals surface area contributed by atoms with Gasteiger partial charge >= 0.3 is 5.97 Å². The zero-order valence-corrected chi connectivity index (χ0v) is 10.7. The minimum atomic E-state index is -0.689. The monoisotopic (exact) mass is 269 g/mol. The molecule has 0 bridgehead atoms. The third-order valence-electron chi connectivity index (χ3n) is 2.61.